The summed E-state index contributed by atoms with van der Waals surface area (Å²) in [4.78, 5) is 12.4. The van der Waals surface area contributed by atoms with E-state index in [0.29, 0.717) is 6.61 Å². The molecule has 20 heavy (non-hydrogen) atoms. The van der Waals surface area contributed by atoms with Gasteiger partial charge in [-0.1, -0.05) is 37.3 Å². The van der Waals surface area contributed by atoms with Crippen LogP contribution in [0.5, 0.6) is 0 Å². The van der Waals surface area contributed by atoms with Crippen LogP contribution in [-0.4, -0.2) is 38.0 Å². The molecule has 2 fully saturated rings. The SMILES string of the molecule is CO[C@H]1O[C@@H]2CO[C@@H](c3ccccc3)O[C@H]2C(=O)[C@H]1C. The van der Waals surface area contributed by atoms with E-state index in [4.69, 9.17) is 18.9 Å². The van der Waals surface area contributed by atoms with Crippen molar-refractivity contribution in [3.05, 3.63) is 35.9 Å². The highest BCUT2D eigenvalue weighted by Gasteiger charge is 2.47. The molecule has 0 amide bonds. The normalized spacial score (nSPS) is 37.5. The van der Waals surface area contributed by atoms with E-state index >= 15 is 0 Å². The summed E-state index contributed by atoms with van der Waals surface area (Å²) in [5.41, 5.74) is 0.903. The molecule has 108 valence electrons. The molecule has 5 heteroatoms. The monoisotopic (exact) mass is 278 g/mol. The number of benzene rings is 1. The molecule has 0 aliphatic carbocycles. The summed E-state index contributed by atoms with van der Waals surface area (Å²) in [6.45, 7) is 2.12. The maximum absolute atomic E-state index is 12.4. The third-order valence-electron chi connectivity index (χ3n) is 3.77. The molecule has 0 radical (unpaired) electrons. The van der Waals surface area contributed by atoms with Gasteiger partial charge in [-0.05, 0) is 0 Å². The summed E-state index contributed by atoms with van der Waals surface area (Å²) < 4.78 is 22.3. The minimum absolute atomic E-state index is 0.0114. The van der Waals surface area contributed by atoms with Gasteiger partial charge >= 0.3 is 0 Å². The second-order valence-electron chi connectivity index (χ2n) is 5.10. The Bertz CT molecular complexity index is 474. The third kappa shape index (κ3) is 2.38. The lowest BCUT2D eigenvalue weighted by Crippen LogP contribution is -2.56. The zero-order chi connectivity index (χ0) is 14.1. The van der Waals surface area contributed by atoms with E-state index in [2.05, 4.69) is 0 Å². The maximum Gasteiger partial charge on any atom is 0.184 e. The molecule has 5 nitrogen and oxygen atoms in total. The molecule has 0 spiro atoms. The van der Waals surface area contributed by atoms with E-state index < -0.39 is 24.8 Å². The molecule has 0 aromatic heterocycles. The Balaban J connectivity index is 1.76. The van der Waals surface area contributed by atoms with E-state index in [1.54, 1.807) is 6.92 Å². The van der Waals surface area contributed by atoms with Crippen molar-refractivity contribution in [1.82, 2.24) is 0 Å². The highest BCUT2D eigenvalue weighted by atomic mass is 16.7. The molecule has 0 unspecified atom stereocenters. The van der Waals surface area contributed by atoms with Crippen LogP contribution in [0.25, 0.3) is 0 Å². The van der Waals surface area contributed by atoms with Gasteiger partial charge in [-0.15, -0.1) is 0 Å². The Hall–Kier alpha value is -1.27. The molecule has 0 saturated carbocycles. The lowest BCUT2D eigenvalue weighted by molar-refractivity contribution is -0.307. The zero-order valence-corrected chi connectivity index (χ0v) is 11.5. The Morgan fingerprint density at radius 2 is 1.95 bits per heavy atom. The molecule has 3 rings (SSSR count). The van der Waals surface area contributed by atoms with Gasteiger partial charge in [0.15, 0.2) is 18.4 Å². The second-order valence-corrected chi connectivity index (χ2v) is 5.10. The third-order valence-corrected chi connectivity index (χ3v) is 3.77. The average molecular weight is 278 g/mol. The number of fused-ring (bicyclic) bond motifs is 1. The van der Waals surface area contributed by atoms with Gasteiger partial charge in [0.1, 0.15) is 12.2 Å². The maximum atomic E-state index is 12.4. The first-order valence-corrected chi connectivity index (χ1v) is 6.74. The highest BCUT2D eigenvalue weighted by Crippen LogP contribution is 2.33. The Labute approximate surface area is 117 Å². The van der Waals surface area contributed by atoms with Crippen molar-refractivity contribution in [2.75, 3.05) is 13.7 Å². The first-order chi connectivity index (χ1) is 9.70. The van der Waals surface area contributed by atoms with Crippen molar-refractivity contribution in [1.29, 1.82) is 0 Å². The molecule has 2 heterocycles. The number of rotatable bonds is 2. The van der Waals surface area contributed by atoms with Crippen molar-refractivity contribution in [2.24, 2.45) is 5.92 Å². The summed E-state index contributed by atoms with van der Waals surface area (Å²) in [5.74, 6) is -0.326. The molecular weight excluding hydrogens is 260 g/mol. The van der Waals surface area contributed by atoms with Crippen molar-refractivity contribution in [3.8, 4) is 0 Å². The van der Waals surface area contributed by atoms with Crippen molar-refractivity contribution < 1.29 is 23.7 Å². The summed E-state index contributed by atoms with van der Waals surface area (Å²) >= 11 is 0. The molecular formula is C15H18O5. The first-order valence-electron chi connectivity index (χ1n) is 6.74. The van der Waals surface area contributed by atoms with E-state index in [-0.39, 0.29) is 11.7 Å². The second kappa shape index (κ2) is 5.61. The van der Waals surface area contributed by atoms with Crippen molar-refractivity contribution in [3.63, 3.8) is 0 Å². The molecule has 2 saturated heterocycles. The van der Waals surface area contributed by atoms with Gasteiger partial charge < -0.3 is 18.9 Å². The fraction of sp³-hybridized carbons (Fsp3) is 0.533. The Morgan fingerprint density at radius 3 is 2.65 bits per heavy atom. The number of ether oxygens (including phenoxy) is 4. The van der Waals surface area contributed by atoms with Gasteiger partial charge in [-0.25, -0.2) is 0 Å². The van der Waals surface area contributed by atoms with Crippen molar-refractivity contribution in [2.45, 2.75) is 31.7 Å². The van der Waals surface area contributed by atoms with E-state index in [0.717, 1.165) is 5.56 Å². The fourth-order valence-electron chi connectivity index (χ4n) is 2.62. The summed E-state index contributed by atoms with van der Waals surface area (Å²) in [6, 6.07) is 9.59. The van der Waals surface area contributed by atoms with Crippen LogP contribution >= 0.6 is 0 Å². The predicted octanol–water partition coefficient (Wildman–Crippen LogP) is 1.68. The smallest absolute Gasteiger partial charge is 0.184 e. The quantitative estimate of drug-likeness (QED) is 0.823. The number of carbonyl (C=O) groups is 1. The van der Waals surface area contributed by atoms with E-state index in [9.17, 15) is 4.79 Å². The minimum atomic E-state index is -0.588. The van der Waals surface area contributed by atoms with Crippen LogP contribution in [0, 0.1) is 5.92 Å². The van der Waals surface area contributed by atoms with Crippen LogP contribution in [0.2, 0.25) is 0 Å². The lowest BCUT2D eigenvalue weighted by atomic mass is 9.93. The summed E-state index contributed by atoms with van der Waals surface area (Å²) in [7, 11) is 1.53. The van der Waals surface area contributed by atoms with Crippen molar-refractivity contribution >= 4 is 5.78 Å². The molecule has 0 N–H and O–H groups in total. The number of ketones is 1. The van der Waals surface area contributed by atoms with Gasteiger partial charge in [0, 0.05) is 12.7 Å². The van der Waals surface area contributed by atoms with E-state index in [1.165, 1.54) is 7.11 Å². The van der Waals surface area contributed by atoms with Crippen LogP contribution in [0.4, 0.5) is 0 Å². The number of hydrogen-bond donors (Lipinski definition) is 0. The minimum Gasteiger partial charge on any atom is -0.355 e. The topological polar surface area (TPSA) is 54.0 Å². The molecule has 1 aromatic rings. The number of carbonyl (C=O) groups excluding carboxylic acids is 1. The van der Waals surface area contributed by atoms with E-state index in [1.807, 2.05) is 30.3 Å². The number of methoxy groups -OCH3 is 1. The highest BCUT2D eigenvalue weighted by molar-refractivity contribution is 5.87. The van der Waals surface area contributed by atoms with Crippen LogP contribution in [0.3, 0.4) is 0 Å². The summed E-state index contributed by atoms with van der Waals surface area (Å²) in [5, 5.41) is 0. The van der Waals surface area contributed by atoms with Crippen LogP contribution < -0.4 is 0 Å². The average Bonchev–Trinajstić information content (AvgIpc) is 2.51. The van der Waals surface area contributed by atoms with Gasteiger partial charge in [-0.3, -0.25) is 4.79 Å². The van der Waals surface area contributed by atoms with Crippen LogP contribution in [0.15, 0.2) is 30.3 Å². The lowest BCUT2D eigenvalue weighted by Gasteiger charge is -2.42. The van der Waals surface area contributed by atoms with Gasteiger partial charge in [-0.2, -0.15) is 0 Å². The molecule has 0 bridgehead atoms. The number of hydrogen-bond acceptors (Lipinski definition) is 5. The molecule has 5 atom stereocenters. The first kappa shape index (κ1) is 13.7. The zero-order valence-electron chi connectivity index (χ0n) is 11.5. The Kier molecular flexibility index (Phi) is 3.85. The predicted molar refractivity (Wildman–Crippen MR) is 69.8 cm³/mol. The largest absolute Gasteiger partial charge is 0.355 e. The fourth-order valence-corrected chi connectivity index (χ4v) is 2.62. The Morgan fingerprint density at radius 1 is 1.20 bits per heavy atom. The van der Waals surface area contributed by atoms with Gasteiger partial charge in [0.05, 0.1) is 12.5 Å². The van der Waals surface area contributed by atoms with Gasteiger partial charge in [0.2, 0.25) is 0 Å². The molecule has 2 aliphatic heterocycles. The van der Waals surface area contributed by atoms with Crippen LogP contribution in [-0.2, 0) is 23.7 Å². The standard InChI is InChI=1S/C15H18O5/c1-9-12(16)13-11(19-14(9)17-2)8-18-15(20-13)10-6-4-3-5-7-10/h3-7,9,11,13-15H,8H2,1-2H3/t9-,11-,13-,14+,15-/m1/s1. The van der Waals surface area contributed by atoms with Gasteiger partial charge in [0.25, 0.3) is 0 Å². The van der Waals surface area contributed by atoms with Crippen LogP contribution in [0.1, 0.15) is 18.8 Å². The molecule has 2 aliphatic rings. The number of Topliss-reactive ketones (excluding diaryl/α,β-unsaturated/α-hetero) is 1. The summed E-state index contributed by atoms with van der Waals surface area (Å²) in [6.07, 6.45) is -2.03. The molecule has 1 aromatic carbocycles.